The second-order valence-corrected chi connectivity index (χ2v) is 6.75. The summed E-state index contributed by atoms with van der Waals surface area (Å²) >= 11 is 0. The maximum absolute atomic E-state index is 13.8. The van der Waals surface area contributed by atoms with Gasteiger partial charge in [-0.15, -0.1) is 0 Å². The summed E-state index contributed by atoms with van der Waals surface area (Å²) in [6.07, 6.45) is 1.43. The Bertz CT molecular complexity index is 1070. The molecule has 0 bridgehead atoms. The first-order chi connectivity index (χ1) is 13.3. The van der Waals surface area contributed by atoms with Crippen molar-refractivity contribution in [1.29, 1.82) is 0 Å². The highest BCUT2D eigenvalue weighted by molar-refractivity contribution is 5.86. The normalized spacial score (nSPS) is 13.2. The molecule has 3 aromatic rings. The third-order valence-electron chi connectivity index (χ3n) is 4.97. The molecule has 0 aliphatic rings. The highest BCUT2D eigenvalue weighted by Gasteiger charge is 2.22. The van der Waals surface area contributed by atoms with E-state index in [2.05, 4.69) is 10.3 Å². The van der Waals surface area contributed by atoms with Crippen LogP contribution in [0.25, 0.3) is 10.8 Å². The minimum atomic E-state index is -1.09. The van der Waals surface area contributed by atoms with Crippen molar-refractivity contribution in [2.24, 2.45) is 0 Å². The topological polar surface area (TPSA) is 65.2 Å². The Kier molecular flexibility index (Phi) is 5.44. The summed E-state index contributed by atoms with van der Waals surface area (Å²) in [6.45, 7) is 3.63. The van der Waals surface area contributed by atoms with Crippen LogP contribution in [0.3, 0.4) is 0 Å². The number of H-pyrrole nitrogens is 1. The zero-order chi connectivity index (χ0) is 20.4. The lowest BCUT2D eigenvalue weighted by molar-refractivity contribution is 0.191. The highest BCUT2D eigenvalue weighted by Crippen LogP contribution is 2.27. The van der Waals surface area contributed by atoms with Crippen molar-refractivity contribution in [3.63, 3.8) is 0 Å². The van der Waals surface area contributed by atoms with E-state index in [4.69, 9.17) is 0 Å². The number of carbonyl (C=O) groups is 1. The number of aromatic nitrogens is 1. The molecule has 0 spiro atoms. The number of amides is 2. The molecule has 146 valence electrons. The molecular weight excluding hydrogens is 364 g/mol. The van der Waals surface area contributed by atoms with Crippen molar-refractivity contribution >= 4 is 16.8 Å². The Hall–Kier alpha value is -3.22. The highest BCUT2D eigenvalue weighted by atomic mass is 19.2. The standard InChI is InChI=1S/C21H21F2N3O2/c1-12(14-7-5-4-6-8-14)25-21(28)26(3)13(2)17-11-24-20(27)16-10-19(23)18(22)9-15(16)17/h4-13H,1-3H3,(H,24,27)(H,25,28)/t12-,13-/m0/s1. The fourth-order valence-electron chi connectivity index (χ4n) is 3.11. The number of benzene rings is 2. The number of hydrogen-bond donors (Lipinski definition) is 2. The Morgan fingerprint density at radius 2 is 1.68 bits per heavy atom. The smallest absolute Gasteiger partial charge is 0.318 e. The molecule has 2 amide bonds. The van der Waals surface area contributed by atoms with Crippen molar-refractivity contribution in [2.45, 2.75) is 25.9 Å². The van der Waals surface area contributed by atoms with Crippen LogP contribution in [0.4, 0.5) is 13.6 Å². The monoisotopic (exact) mass is 385 g/mol. The van der Waals surface area contributed by atoms with E-state index in [-0.39, 0.29) is 22.8 Å². The summed E-state index contributed by atoms with van der Waals surface area (Å²) in [5, 5.41) is 3.21. The zero-order valence-electron chi connectivity index (χ0n) is 15.8. The number of aromatic amines is 1. The maximum Gasteiger partial charge on any atom is 0.318 e. The van der Waals surface area contributed by atoms with E-state index in [0.29, 0.717) is 5.56 Å². The van der Waals surface area contributed by atoms with Gasteiger partial charge in [0.1, 0.15) is 0 Å². The SMILES string of the molecule is C[C@H](NC(=O)N(C)[C@@H](C)c1c[nH]c(=O)c2cc(F)c(F)cc12)c1ccccc1. The predicted molar refractivity (Wildman–Crippen MR) is 104 cm³/mol. The van der Waals surface area contributed by atoms with Crippen LogP contribution in [0.5, 0.6) is 0 Å². The quantitative estimate of drug-likeness (QED) is 0.704. The number of halogens is 2. The predicted octanol–water partition coefficient (Wildman–Crippen LogP) is 4.27. The molecule has 7 heteroatoms. The Balaban J connectivity index is 1.88. The Morgan fingerprint density at radius 1 is 1.07 bits per heavy atom. The molecule has 2 atom stereocenters. The second-order valence-electron chi connectivity index (χ2n) is 6.75. The molecule has 0 unspecified atom stereocenters. The van der Waals surface area contributed by atoms with Gasteiger partial charge in [0.05, 0.1) is 17.5 Å². The average Bonchev–Trinajstić information content (AvgIpc) is 2.69. The third-order valence-corrected chi connectivity index (χ3v) is 4.97. The van der Waals surface area contributed by atoms with Crippen molar-refractivity contribution in [3.8, 4) is 0 Å². The van der Waals surface area contributed by atoms with Crippen LogP contribution in [-0.2, 0) is 0 Å². The number of pyridine rings is 1. The lowest BCUT2D eigenvalue weighted by Crippen LogP contribution is -2.40. The van der Waals surface area contributed by atoms with Crippen LogP contribution in [0.1, 0.15) is 37.1 Å². The molecule has 2 N–H and O–H groups in total. The molecule has 2 aromatic carbocycles. The van der Waals surface area contributed by atoms with Gasteiger partial charge in [-0.1, -0.05) is 30.3 Å². The summed E-state index contributed by atoms with van der Waals surface area (Å²) in [5.74, 6) is -2.14. The van der Waals surface area contributed by atoms with E-state index < -0.39 is 23.2 Å². The molecule has 1 aromatic heterocycles. The molecule has 3 rings (SSSR count). The first kappa shape index (κ1) is 19.5. The summed E-state index contributed by atoms with van der Waals surface area (Å²) in [6, 6.07) is 10.4. The molecule has 1 heterocycles. The van der Waals surface area contributed by atoms with Gasteiger partial charge in [-0.05, 0) is 42.5 Å². The van der Waals surface area contributed by atoms with Gasteiger partial charge in [-0.2, -0.15) is 0 Å². The number of carbonyl (C=O) groups excluding carboxylic acids is 1. The minimum Gasteiger partial charge on any atom is -0.331 e. The summed E-state index contributed by atoms with van der Waals surface area (Å²) in [7, 11) is 1.61. The van der Waals surface area contributed by atoms with Crippen LogP contribution in [0.15, 0.2) is 53.5 Å². The van der Waals surface area contributed by atoms with E-state index in [9.17, 15) is 18.4 Å². The van der Waals surface area contributed by atoms with Crippen molar-refractivity contribution in [2.75, 3.05) is 7.05 Å². The molecule has 0 aliphatic carbocycles. The number of rotatable bonds is 4. The number of fused-ring (bicyclic) bond motifs is 1. The van der Waals surface area contributed by atoms with Crippen LogP contribution in [0.2, 0.25) is 0 Å². The van der Waals surface area contributed by atoms with Gasteiger partial charge < -0.3 is 15.2 Å². The molecule has 5 nitrogen and oxygen atoms in total. The lowest BCUT2D eigenvalue weighted by atomic mass is 10.0. The van der Waals surface area contributed by atoms with E-state index in [0.717, 1.165) is 17.7 Å². The first-order valence-electron chi connectivity index (χ1n) is 8.88. The summed E-state index contributed by atoms with van der Waals surface area (Å²) in [5.41, 5.74) is 0.956. The van der Waals surface area contributed by atoms with Crippen molar-refractivity contribution in [3.05, 3.63) is 81.8 Å². The molecule has 0 saturated heterocycles. The second kappa shape index (κ2) is 7.80. The van der Waals surface area contributed by atoms with Gasteiger partial charge in [-0.3, -0.25) is 4.79 Å². The molecule has 0 radical (unpaired) electrons. The molecule has 28 heavy (non-hydrogen) atoms. The van der Waals surface area contributed by atoms with Gasteiger partial charge in [0, 0.05) is 13.2 Å². The Labute approximate surface area is 161 Å². The number of nitrogens with one attached hydrogen (secondary N) is 2. The van der Waals surface area contributed by atoms with Gasteiger partial charge in [0.15, 0.2) is 11.6 Å². The van der Waals surface area contributed by atoms with E-state index in [1.807, 2.05) is 37.3 Å². The van der Waals surface area contributed by atoms with Crippen LogP contribution >= 0.6 is 0 Å². The molecular formula is C21H21F2N3O2. The average molecular weight is 385 g/mol. The van der Waals surface area contributed by atoms with Crippen LogP contribution < -0.4 is 10.9 Å². The van der Waals surface area contributed by atoms with Crippen LogP contribution in [0, 0.1) is 11.6 Å². The molecule has 0 saturated carbocycles. The molecule has 0 fully saturated rings. The number of hydrogen-bond acceptors (Lipinski definition) is 2. The van der Waals surface area contributed by atoms with Gasteiger partial charge >= 0.3 is 6.03 Å². The number of nitrogens with zero attached hydrogens (tertiary/aromatic N) is 1. The first-order valence-corrected chi connectivity index (χ1v) is 8.88. The van der Waals surface area contributed by atoms with Gasteiger partial charge in [0.25, 0.3) is 5.56 Å². The summed E-state index contributed by atoms with van der Waals surface area (Å²) < 4.78 is 27.3. The van der Waals surface area contributed by atoms with Gasteiger partial charge in [0.2, 0.25) is 0 Å². The van der Waals surface area contributed by atoms with E-state index in [1.165, 1.54) is 11.1 Å². The van der Waals surface area contributed by atoms with Crippen LogP contribution in [-0.4, -0.2) is 23.0 Å². The van der Waals surface area contributed by atoms with Crippen molar-refractivity contribution < 1.29 is 13.6 Å². The Morgan fingerprint density at radius 3 is 2.32 bits per heavy atom. The van der Waals surface area contributed by atoms with E-state index in [1.54, 1.807) is 14.0 Å². The van der Waals surface area contributed by atoms with E-state index >= 15 is 0 Å². The lowest BCUT2D eigenvalue weighted by Gasteiger charge is -2.28. The fraction of sp³-hybridized carbons (Fsp3) is 0.238. The maximum atomic E-state index is 13.8. The van der Waals surface area contributed by atoms with Gasteiger partial charge in [-0.25, -0.2) is 13.6 Å². The zero-order valence-corrected chi connectivity index (χ0v) is 15.8. The number of urea groups is 1. The third kappa shape index (κ3) is 3.74. The molecule has 0 aliphatic heterocycles. The summed E-state index contributed by atoms with van der Waals surface area (Å²) in [4.78, 5) is 28.6. The fourth-order valence-corrected chi connectivity index (χ4v) is 3.11. The largest absolute Gasteiger partial charge is 0.331 e. The van der Waals surface area contributed by atoms with Crippen molar-refractivity contribution in [1.82, 2.24) is 15.2 Å². The minimum absolute atomic E-state index is 0.0368.